The number of hydrogen-bond acceptors (Lipinski definition) is 3. The van der Waals surface area contributed by atoms with E-state index in [0.717, 1.165) is 0 Å². The van der Waals surface area contributed by atoms with Crippen LogP contribution in [0.15, 0.2) is 48.5 Å². The van der Waals surface area contributed by atoms with Crippen molar-refractivity contribution in [3.05, 3.63) is 65.5 Å². The lowest BCUT2D eigenvalue weighted by atomic mass is 10.2. The Morgan fingerprint density at radius 2 is 1.50 bits per heavy atom. The van der Waals surface area contributed by atoms with Gasteiger partial charge in [-0.2, -0.15) is 0 Å². The third kappa shape index (κ3) is 4.10. The Labute approximate surface area is 131 Å². The SMILES string of the molecule is NC(=O)c1ccc(NC(=S)NC(=O)c2ccc(F)cc2)cc1. The van der Waals surface area contributed by atoms with Crippen LogP contribution in [0.1, 0.15) is 20.7 Å². The molecule has 0 radical (unpaired) electrons. The molecule has 7 heteroatoms. The molecule has 2 aromatic rings. The number of carbonyl (C=O) groups is 2. The Kier molecular flexibility index (Phi) is 4.80. The molecule has 0 aliphatic heterocycles. The van der Waals surface area contributed by atoms with E-state index in [1.807, 2.05) is 0 Å². The Morgan fingerprint density at radius 1 is 0.955 bits per heavy atom. The maximum atomic E-state index is 12.8. The zero-order valence-electron chi connectivity index (χ0n) is 11.3. The largest absolute Gasteiger partial charge is 0.366 e. The number of nitrogens with two attached hydrogens (primary N) is 1. The Balaban J connectivity index is 1.96. The van der Waals surface area contributed by atoms with Crippen molar-refractivity contribution in [2.45, 2.75) is 0 Å². The second-order valence-electron chi connectivity index (χ2n) is 4.36. The topological polar surface area (TPSA) is 84.2 Å². The molecule has 2 rings (SSSR count). The normalized spacial score (nSPS) is 9.86. The molecule has 0 unspecified atom stereocenters. The van der Waals surface area contributed by atoms with Gasteiger partial charge in [0.1, 0.15) is 5.82 Å². The van der Waals surface area contributed by atoms with E-state index in [2.05, 4.69) is 10.6 Å². The fourth-order valence-corrected chi connectivity index (χ4v) is 1.87. The number of halogens is 1. The molecule has 0 fully saturated rings. The predicted octanol–water partition coefficient (Wildman–Crippen LogP) is 2.05. The number of thiocarbonyl (C=S) groups is 1. The lowest BCUT2D eigenvalue weighted by Gasteiger charge is -2.09. The van der Waals surface area contributed by atoms with Crippen LogP contribution in [0.5, 0.6) is 0 Å². The summed E-state index contributed by atoms with van der Waals surface area (Å²) in [7, 11) is 0. The van der Waals surface area contributed by atoms with Gasteiger partial charge in [0.25, 0.3) is 5.91 Å². The molecule has 0 saturated carbocycles. The number of rotatable bonds is 3. The van der Waals surface area contributed by atoms with Crippen LogP contribution in [0.25, 0.3) is 0 Å². The minimum Gasteiger partial charge on any atom is -0.366 e. The summed E-state index contributed by atoms with van der Waals surface area (Å²) < 4.78 is 12.8. The van der Waals surface area contributed by atoms with Crippen molar-refractivity contribution in [3.63, 3.8) is 0 Å². The summed E-state index contributed by atoms with van der Waals surface area (Å²) in [6.45, 7) is 0. The van der Waals surface area contributed by atoms with Crippen molar-refractivity contribution in [1.29, 1.82) is 0 Å². The highest BCUT2D eigenvalue weighted by atomic mass is 32.1. The number of anilines is 1. The van der Waals surface area contributed by atoms with Gasteiger partial charge in [-0.25, -0.2) is 4.39 Å². The van der Waals surface area contributed by atoms with E-state index >= 15 is 0 Å². The average molecular weight is 317 g/mol. The maximum absolute atomic E-state index is 12.8. The fourth-order valence-electron chi connectivity index (χ4n) is 1.66. The zero-order chi connectivity index (χ0) is 16.1. The summed E-state index contributed by atoms with van der Waals surface area (Å²) in [5.41, 5.74) is 6.38. The van der Waals surface area contributed by atoms with Crippen LogP contribution >= 0.6 is 12.2 Å². The van der Waals surface area contributed by atoms with Crippen LogP contribution in [0, 0.1) is 5.82 Å². The van der Waals surface area contributed by atoms with Gasteiger partial charge in [-0.3, -0.25) is 14.9 Å². The van der Waals surface area contributed by atoms with E-state index in [4.69, 9.17) is 18.0 Å². The van der Waals surface area contributed by atoms with Gasteiger partial charge in [0.05, 0.1) is 0 Å². The van der Waals surface area contributed by atoms with Crippen molar-refractivity contribution >= 4 is 34.8 Å². The lowest BCUT2D eigenvalue weighted by Crippen LogP contribution is -2.34. The van der Waals surface area contributed by atoms with Crippen LogP contribution in [0.3, 0.4) is 0 Å². The number of benzene rings is 2. The fraction of sp³-hybridized carbons (Fsp3) is 0. The van der Waals surface area contributed by atoms with E-state index in [1.165, 1.54) is 36.4 Å². The number of amides is 2. The van der Waals surface area contributed by atoms with Crippen molar-refractivity contribution < 1.29 is 14.0 Å². The first kappa shape index (κ1) is 15.6. The Bertz CT molecular complexity index is 715. The highest BCUT2D eigenvalue weighted by Gasteiger charge is 2.08. The standard InChI is InChI=1S/C15H12FN3O2S/c16-11-5-1-10(2-6-11)14(21)19-15(22)18-12-7-3-9(4-8-12)13(17)20/h1-8H,(H2,17,20)(H2,18,19,21,22). The molecule has 112 valence electrons. The van der Waals surface area contributed by atoms with Gasteiger partial charge in [0, 0.05) is 16.8 Å². The number of hydrogen-bond donors (Lipinski definition) is 3. The Hall–Kier alpha value is -2.80. The van der Waals surface area contributed by atoms with Crippen LogP contribution in [-0.4, -0.2) is 16.9 Å². The Morgan fingerprint density at radius 3 is 2.05 bits per heavy atom. The third-order valence-corrected chi connectivity index (χ3v) is 2.96. The van der Waals surface area contributed by atoms with Gasteiger partial charge >= 0.3 is 0 Å². The molecule has 0 aliphatic rings. The molecule has 0 aliphatic carbocycles. The minimum atomic E-state index is -0.529. The summed E-state index contributed by atoms with van der Waals surface area (Å²) in [5, 5.41) is 5.35. The molecular formula is C15H12FN3O2S. The van der Waals surface area contributed by atoms with Crippen molar-refractivity contribution in [2.24, 2.45) is 5.73 Å². The molecule has 2 amide bonds. The summed E-state index contributed by atoms with van der Waals surface area (Å²) >= 11 is 5.01. The van der Waals surface area contributed by atoms with E-state index in [1.54, 1.807) is 12.1 Å². The number of primary amides is 1. The van der Waals surface area contributed by atoms with Crippen LogP contribution < -0.4 is 16.4 Å². The number of nitrogens with one attached hydrogen (secondary N) is 2. The molecule has 0 bridgehead atoms. The highest BCUT2D eigenvalue weighted by Crippen LogP contribution is 2.09. The van der Waals surface area contributed by atoms with E-state index in [0.29, 0.717) is 11.3 Å². The molecule has 5 nitrogen and oxygen atoms in total. The molecule has 4 N–H and O–H groups in total. The smallest absolute Gasteiger partial charge is 0.257 e. The molecule has 0 atom stereocenters. The third-order valence-electron chi connectivity index (χ3n) is 2.76. The molecular weight excluding hydrogens is 305 g/mol. The van der Waals surface area contributed by atoms with E-state index in [-0.39, 0.29) is 10.7 Å². The summed E-state index contributed by atoms with van der Waals surface area (Å²) in [6, 6.07) is 11.4. The second kappa shape index (κ2) is 6.77. The van der Waals surface area contributed by atoms with Gasteiger partial charge in [0.15, 0.2) is 5.11 Å². The first-order chi connectivity index (χ1) is 10.5. The molecule has 0 spiro atoms. The van der Waals surface area contributed by atoms with Crippen molar-refractivity contribution in [1.82, 2.24) is 5.32 Å². The van der Waals surface area contributed by atoms with E-state index in [9.17, 15) is 14.0 Å². The molecule has 2 aromatic carbocycles. The minimum absolute atomic E-state index is 0.0844. The summed E-state index contributed by atoms with van der Waals surface area (Å²) in [6.07, 6.45) is 0. The molecule has 0 heterocycles. The first-order valence-corrected chi connectivity index (χ1v) is 6.64. The summed E-state index contributed by atoms with van der Waals surface area (Å²) in [4.78, 5) is 22.8. The van der Waals surface area contributed by atoms with Crippen molar-refractivity contribution in [2.75, 3.05) is 5.32 Å². The molecule has 0 saturated heterocycles. The highest BCUT2D eigenvalue weighted by molar-refractivity contribution is 7.80. The monoisotopic (exact) mass is 317 g/mol. The number of carbonyl (C=O) groups excluding carboxylic acids is 2. The van der Waals surface area contributed by atoms with Crippen LogP contribution in [0.2, 0.25) is 0 Å². The lowest BCUT2D eigenvalue weighted by molar-refractivity contribution is 0.0975. The first-order valence-electron chi connectivity index (χ1n) is 6.23. The van der Waals surface area contributed by atoms with Gasteiger partial charge in [-0.1, -0.05) is 0 Å². The summed E-state index contributed by atoms with van der Waals surface area (Å²) in [5.74, 6) is -1.41. The van der Waals surface area contributed by atoms with E-state index < -0.39 is 17.6 Å². The van der Waals surface area contributed by atoms with Crippen LogP contribution in [-0.2, 0) is 0 Å². The van der Waals surface area contributed by atoms with Gasteiger partial charge in [-0.05, 0) is 60.7 Å². The van der Waals surface area contributed by atoms with Crippen LogP contribution in [0.4, 0.5) is 10.1 Å². The maximum Gasteiger partial charge on any atom is 0.257 e. The van der Waals surface area contributed by atoms with Gasteiger partial charge in [-0.15, -0.1) is 0 Å². The van der Waals surface area contributed by atoms with Crippen molar-refractivity contribution in [3.8, 4) is 0 Å². The quantitative estimate of drug-likeness (QED) is 0.757. The van der Waals surface area contributed by atoms with Gasteiger partial charge in [0.2, 0.25) is 5.91 Å². The molecule has 0 aromatic heterocycles. The second-order valence-corrected chi connectivity index (χ2v) is 4.76. The predicted molar refractivity (Wildman–Crippen MR) is 85.0 cm³/mol. The zero-order valence-corrected chi connectivity index (χ0v) is 12.1. The van der Waals surface area contributed by atoms with Gasteiger partial charge < -0.3 is 11.1 Å². The average Bonchev–Trinajstić information content (AvgIpc) is 2.48. The molecule has 22 heavy (non-hydrogen) atoms.